The Morgan fingerprint density at radius 2 is 0.794 bits per heavy atom. The highest BCUT2D eigenvalue weighted by Crippen LogP contribution is 2.46. The lowest BCUT2D eigenvalue weighted by Crippen LogP contribution is -1.96. The van der Waals surface area contributed by atoms with Crippen LogP contribution in [0.15, 0.2) is 229 Å². The Kier molecular flexibility index (Phi) is 8.79. The van der Waals surface area contributed by atoms with Crippen molar-refractivity contribution in [3.63, 3.8) is 0 Å². The van der Waals surface area contributed by atoms with Gasteiger partial charge in [0.25, 0.3) is 0 Å². The molecular formula is C59H37N3O. The van der Waals surface area contributed by atoms with Gasteiger partial charge in [-0.15, -0.1) is 0 Å². The first-order chi connectivity index (χ1) is 31.2. The van der Waals surface area contributed by atoms with Crippen molar-refractivity contribution in [2.45, 2.75) is 0 Å². The first kappa shape index (κ1) is 36.4. The summed E-state index contributed by atoms with van der Waals surface area (Å²) < 4.78 is 6.60. The van der Waals surface area contributed by atoms with E-state index in [0.29, 0.717) is 5.82 Å². The summed E-state index contributed by atoms with van der Waals surface area (Å²) in [6, 6.07) is 78.5. The first-order valence-corrected chi connectivity index (χ1v) is 21.3. The van der Waals surface area contributed by atoms with Crippen molar-refractivity contribution < 1.29 is 4.42 Å². The third-order valence-electron chi connectivity index (χ3n) is 12.1. The first-order valence-electron chi connectivity index (χ1n) is 21.3. The van der Waals surface area contributed by atoms with Crippen LogP contribution in [0.25, 0.3) is 122 Å². The van der Waals surface area contributed by atoms with Gasteiger partial charge in [0.05, 0.1) is 22.6 Å². The minimum Gasteiger partial charge on any atom is -0.456 e. The van der Waals surface area contributed by atoms with Crippen LogP contribution in [0.2, 0.25) is 0 Å². The maximum absolute atomic E-state index is 6.60. The molecule has 0 amide bonds. The fourth-order valence-electron chi connectivity index (χ4n) is 9.06. The van der Waals surface area contributed by atoms with Gasteiger partial charge in [-0.3, -0.25) is 0 Å². The van der Waals surface area contributed by atoms with Crippen molar-refractivity contribution in [3.05, 3.63) is 224 Å². The number of para-hydroxylation sites is 2. The third kappa shape index (κ3) is 6.53. The summed E-state index contributed by atoms with van der Waals surface area (Å²) in [4.78, 5) is 15.6. The highest BCUT2D eigenvalue weighted by atomic mass is 16.3. The average Bonchev–Trinajstić information content (AvgIpc) is 3.74. The van der Waals surface area contributed by atoms with Crippen LogP contribution in [-0.4, -0.2) is 15.0 Å². The quantitative estimate of drug-likeness (QED) is 0.151. The zero-order valence-corrected chi connectivity index (χ0v) is 34.1. The summed E-state index contributed by atoms with van der Waals surface area (Å²) in [6.07, 6.45) is 0. The van der Waals surface area contributed by atoms with Gasteiger partial charge in [-0.2, -0.15) is 0 Å². The van der Waals surface area contributed by atoms with Crippen molar-refractivity contribution in [2.24, 2.45) is 0 Å². The van der Waals surface area contributed by atoms with Crippen LogP contribution in [0.5, 0.6) is 0 Å². The number of benzene rings is 9. The summed E-state index contributed by atoms with van der Waals surface area (Å²) in [5.74, 6) is 0.688. The summed E-state index contributed by atoms with van der Waals surface area (Å²) in [6.45, 7) is 0. The number of furan rings is 1. The number of pyridine rings is 1. The Morgan fingerprint density at radius 3 is 1.46 bits per heavy atom. The van der Waals surface area contributed by atoms with Gasteiger partial charge in [0.15, 0.2) is 5.82 Å². The van der Waals surface area contributed by atoms with E-state index >= 15 is 0 Å². The molecule has 63 heavy (non-hydrogen) atoms. The van der Waals surface area contributed by atoms with Crippen LogP contribution in [0, 0.1) is 0 Å². The molecule has 0 N–H and O–H groups in total. The molecule has 0 atom stereocenters. The Balaban J connectivity index is 0.975. The van der Waals surface area contributed by atoms with E-state index in [1.54, 1.807) is 0 Å². The minimum absolute atomic E-state index is 0.688. The Hall–Kier alpha value is -8.47. The predicted octanol–water partition coefficient (Wildman–Crippen LogP) is 15.7. The molecule has 0 bridgehead atoms. The molecule has 12 aromatic rings. The molecule has 0 aliphatic heterocycles. The SMILES string of the molecule is c1ccc(-c2cccc(-c3cc(-c4cccc(-c5ccc(-c6nc7ccccc7c7c(-c8ccccc8)c8c(cc67)oc6ccccc68)cc5)c4)nc(-c4ccccc4)n3)c2)cc1. The van der Waals surface area contributed by atoms with Crippen molar-refractivity contribution >= 4 is 43.6 Å². The lowest BCUT2D eigenvalue weighted by atomic mass is 9.89. The third-order valence-corrected chi connectivity index (χ3v) is 12.1. The Morgan fingerprint density at radius 1 is 0.286 bits per heavy atom. The number of hydrogen-bond donors (Lipinski definition) is 0. The maximum Gasteiger partial charge on any atom is 0.160 e. The summed E-state index contributed by atoms with van der Waals surface area (Å²) in [7, 11) is 0. The van der Waals surface area contributed by atoms with Gasteiger partial charge in [-0.05, 0) is 64.2 Å². The van der Waals surface area contributed by atoms with Crippen molar-refractivity contribution in [3.8, 4) is 78.5 Å². The molecule has 294 valence electrons. The number of fused-ring (bicyclic) bond motifs is 6. The smallest absolute Gasteiger partial charge is 0.160 e. The molecule has 3 aromatic heterocycles. The number of rotatable bonds is 7. The van der Waals surface area contributed by atoms with Crippen molar-refractivity contribution in [1.29, 1.82) is 0 Å². The zero-order valence-electron chi connectivity index (χ0n) is 34.1. The highest BCUT2D eigenvalue weighted by molar-refractivity contribution is 6.27. The van der Waals surface area contributed by atoms with Crippen molar-refractivity contribution in [1.82, 2.24) is 15.0 Å². The molecule has 0 unspecified atom stereocenters. The second-order valence-electron chi connectivity index (χ2n) is 15.9. The molecular weight excluding hydrogens is 767 g/mol. The average molecular weight is 804 g/mol. The topological polar surface area (TPSA) is 51.8 Å². The summed E-state index contributed by atoms with van der Waals surface area (Å²) >= 11 is 0. The van der Waals surface area contributed by atoms with Gasteiger partial charge < -0.3 is 4.42 Å². The van der Waals surface area contributed by atoms with E-state index in [2.05, 4.69) is 194 Å². The molecule has 9 aromatic carbocycles. The largest absolute Gasteiger partial charge is 0.456 e. The summed E-state index contributed by atoms with van der Waals surface area (Å²) in [5.41, 5.74) is 16.2. The maximum atomic E-state index is 6.60. The fraction of sp³-hybridized carbons (Fsp3) is 0. The van der Waals surface area contributed by atoms with Crippen LogP contribution < -0.4 is 0 Å². The van der Waals surface area contributed by atoms with Crippen molar-refractivity contribution in [2.75, 3.05) is 0 Å². The van der Waals surface area contributed by atoms with Crippen LogP contribution in [0.4, 0.5) is 0 Å². The van der Waals surface area contributed by atoms with Gasteiger partial charge in [0, 0.05) is 54.7 Å². The molecule has 0 radical (unpaired) electrons. The monoisotopic (exact) mass is 803 g/mol. The number of hydrogen-bond acceptors (Lipinski definition) is 4. The summed E-state index contributed by atoms with van der Waals surface area (Å²) in [5, 5.41) is 5.56. The van der Waals surface area contributed by atoms with E-state index in [1.807, 2.05) is 30.3 Å². The molecule has 0 spiro atoms. The van der Waals surface area contributed by atoms with Crippen LogP contribution in [0.3, 0.4) is 0 Å². The molecule has 3 heterocycles. The van der Waals surface area contributed by atoms with E-state index < -0.39 is 0 Å². The molecule has 4 nitrogen and oxygen atoms in total. The fourth-order valence-corrected chi connectivity index (χ4v) is 9.06. The molecule has 0 fully saturated rings. The van der Waals surface area contributed by atoms with E-state index in [-0.39, 0.29) is 0 Å². The van der Waals surface area contributed by atoms with Crippen LogP contribution in [0.1, 0.15) is 0 Å². The standard InChI is InChI=1S/C59H37N3O/c1-4-16-38(17-5-1)43-22-14-24-45(34-43)51-37-52(62-59(61-51)42-20-8-3-9-21-42)46-25-15-23-44(35-46)39-30-32-41(33-31-39)58-49-36-54-57(48-27-11-13-29-53(48)63-54)55(40-18-6-2-7-19-40)56(49)47-26-10-12-28-50(47)60-58/h1-37H. The second kappa shape index (κ2) is 15.2. The second-order valence-corrected chi connectivity index (χ2v) is 15.9. The Labute approximate surface area is 364 Å². The Bertz CT molecular complexity index is 3650. The zero-order chi connectivity index (χ0) is 41.7. The normalized spacial score (nSPS) is 11.5. The molecule has 0 aliphatic rings. The van der Waals surface area contributed by atoms with E-state index in [9.17, 15) is 0 Å². The van der Waals surface area contributed by atoms with Crippen LogP contribution in [-0.2, 0) is 0 Å². The molecule has 0 aliphatic carbocycles. The molecule has 4 heteroatoms. The molecule has 12 rings (SSSR count). The number of nitrogens with zero attached hydrogens (tertiary/aromatic N) is 3. The van der Waals surface area contributed by atoms with E-state index in [4.69, 9.17) is 19.4 Å². The molecule has 0 saturated heterocycles. The van der Waals surface area contributed by atoms with Crippen LogP contribution >= 0.6 is 0 Å². The minimum atomic E-state index is 0.688. The predicted molar refractivity (Wildman–Crippen MR) is 260 cm³/mol. The lowest BCUT2D eigenvalue weighted by Gasteiger charge is -2.16. The van der Waals surface area contributed by atoms with E-state index in [1.165, 1.54) is 10.9 Å². The lowest BCUT2D eigenvalue weighted by molar-refractivity contribution is 0.669. The van der Waals surface area contributed by atoms with Gasteiger partial charge in [-0.1, -0.05) is 188 Å². The number of aromatic nitrogens is 3. The van der Waals surface area contributed by atoms with Gasteiger partial charge in [0.2, 0.25) is 0 Å². The van der Waals surface area contributed by atoms with Gasteiger partial charge >= 0.3 is 0 Å². The van der Waals surface area contributed by atoms with E-state index in [0.717, 1.165) is 105 Å². The molecule has 0 saturated carbocycles. The van der Waals surface area contributed by atoms with Gasteiger partial charge in [0.1, 0.15) is 11.2 Å². The highest BCUT2D eigenvalue weighted by Gasteiger charge is 2.22. The van der Waals surface area contributed by atoms with Gasteiger partial charge in [-0.25, -0.2) is 15.0 Å².